The molecule has 4 heteroatoms. The summed E-state index contributed by atoms with van der Waals surface area (Å²) in [6, 6.07) is 25.9. The van der Waals surface area contributed by atoms with Crippen LogP contribution in [0.4, 0.5) is 0 Å². The molecule has 0 amide bonds. The van der Waals surface area contributed by atoms with Gasteiger partial charge in [-0.3, -0.25) is 0 Å². The van der Waals surface area contributed by atoms with Crippen LogP contribution in [-0.2, 0) is 19.6 Å². The van der Waals surface area contributed by atoms with Crippen LogP contribution >= 0.6 is 7.92 Å². The lowest BCUT2D eigenvalue weighted by Gasteiger charge is -2.20. The average molecular weight is 349 g/mol. The lowest BCUT2D eigenvalue weighted by molar-refractivity contribution is 1.07. The van der Waals surface area contributed by atoms with Crippen molar-refractivity contribution in [3.05, 3.63) is 89.5 Å². The van der Waals surface area contributed by atoms with E-state index in [9.17, 15) is 0 Å². The lowest BCUT2D eigenvalue weighted by atomic mass is 10.2. The summed E-state index contributed by atoms with van der Waals surface area (Å²) in [6.45, 7) is 1.69. The molecule has 0 atom stereocenters. The van der Waals surface area contributed by atoms with E-state index in [4.69, 9.17) is 17.2 Å². The second-order valence-electron chi connectivity index (χ2n) is 5.95. The van der Waals surface area contributed by atoms with Crippen LogP contribution < -0.4 is 33.1 Å². The van der Waals surface area contributed by atoms with Crippen LogP contribution in [0.25, 0.3) is 0 Å². The third-order valence-corrected chi connectivity index (χ3v) is 6.73. The summed E-state index contributed by atoms with van der Waals surface area (Å²) in [5, 5.41) is 3.94. The van der Waals surface area contributed by atoms with E-state index in [1.807, 2.05) is 0 Å². The van der Waals surface area contributed by atoms with Crippen molar-refractivity contribution < 1.29 is 0 Å². The molecule has 0 aliphatic carbocycles. The van der Waals surface area contributed by atoms with Crippen molar-refractivity contribution >= 4 is 23.8 Å². The van der Waals surface area contributed by atoms with E-state index in [2.05, 4.69) is 72.8 Å². The van der Waals surface area contributed by atoms with Gasteiger partial charge in [0.2, 0.25) is 0 Å². The van der Waals surface area contributed by atoms with Crippen molar-refractivity contribution in [2.75, 3.05) is 0 Å². The van der Waals surface area contributed by atoms with E-state index in [1.54, 1.807) is 0 Å². The predicted molar refractivity (Wildman–Crippen MR) is 109 cm³/mol. The van der Waals surface area contributed by atoms with Crippen LogP contribution in [-0.4, -0.2) is 0 Å². The molecule has 0 radical (unpaired) electrons. The summed E-state index contributed by atoms with van der Waals surface area (Å²) in [5.74, 6) is 0. The van der Waals surface area contributed by atoms with Gasteiger partial charge in [-0.2, -0.15) is 0 Å². The van der Waals surface area contributed by atoms with Gasteiger partial charge in [0, 0.05) is 19.6 Å². The summed E-state index contributed by atoms with van der Waals surface area (Å²) >= 11 is 0. The van der Waals surface area contributed by atoms with Gasteiger partial charge in [-0.1, -0.05) is 72.8 Å². The number of rotatable bonds is 6. The second-order valence-corrected chi connectivity index (χ2v) is 8.17. The van der Waals surface area contributed by atoms with Crippen molar-refractivity contribution in [2.24, 2.45) is 17.2 Å². The zero-order valence-corrected chi connectivity index (χ0v) is 15.1. The van der Waals surface area contributed by atoms with Gasteiger partial charge in [-0.05, 0) is 40.5 Å². The highest BCUT2D eigenvalue weighted by atomic mass is 31.1. The molecule has 0 unspecified atom stereocenters. The van der Waals surface area contributed by atoms with Gasteiger partial charge < -0.3 is 17.2 Å². The second kappa shape index (κ2) is 8.37. The molecule has 0 saturated heterocycles. The Morgan fingerprint density at radius 3 is 0.880 bits per heavy atom. The number of hydrogen-bond acceptors (Lipinski definition) is 3. The van der Waals surface area contributed by atoms with E-state index in [-0.39, 0.29) is 0 Å². The molecule has 3 aromatic carbocycles. The van der Waals surface area contributed by atoms with Crippen molar-refractivity contribution in [2.45, 2.75) is 19.6 Å². The van der Waals surface area contributed by atoms with E-state index >= 15 is 0 Å². The van der Waals surface area contributed by atoms with Gasteiger partial charge in [-0.25, -0.2) is 0 Å². The summed E-state index contributed by atoms with van der Waals surface area (Å²) in [5.41, 5.74) is 20.7. The highest BCUT2D eigenvalue weighted by Crippen LogP contribution is 2.33. The fourth-order valence-electron chi connectivity index (χ4n) is 2.79. The fourth-order valence-corrected chi connectivity index (χ4v) is 5.03. The molecule has 0 aliphatic rings. The van der Waals surface area contributed by atoms with E-state index < -0.39 is 7.92 Å². The molecular formula is C21H24N3P. The average Bonchev–Trinajstić information content (AvgIpc) is 2.70. The van der Waals surface area contributed by atoms with Gasteiger partial charge in [0.15, 0.2) is 0 Å². The molecule has 3 aromatic rings. The topological polar surface area (TPSA) is 78.1 Å². The summed E-state index contributed by atoms with van der Waals surface area (Å²) in [7, 11) is -0.621. The molecule has 128 valence electrons. The summed E-state index contributed by atoms with van der Waals surface area (Å²) < 4.78 is 0. The van der Waals surface area contributed by atoms with E-state index in [1.165, 1.54) is 15.9 Å². The zero-order chi connectivity index (χ0) is 17.6. The third kappa shape index (κ3) is 4.15. The Morgan fingerprint density at radius 2 is 0.680 bits per heavy atom. The van der Waals surface area contributed by atoms with Crippen molar-refractivity contribution in [3.8, 4) is 0 Å². The highest BCUT2D eigenvalue weighted by molar-refractivity contribution is 7.79. The Balaban J connectivity index is 2.04. The normalized spacial score (nSPS) is 11.0. The minimum atomic E-state index is -0.621. The Labute approximate surface area is 150 Å². The van der Waals surface area contributed by atoms with Gasteiger partial charge in [0.25, 0.3) is 0 Å². The Kier molecular flexibility index (Phi) is 5.95. The maximum atomic E-state index is 5.74. The number of hydrogen-bond donors (Lipinski definition) is 3. The van der Waals surface area contributed by atoms with Crippen LogP contribution in [0.3, 0.4) is 0 Å². The molecule has 0 bridgehead atoms. The quantitative estimate of drug-likeness (QED) is 0.594. The first-order chi connectivity index (χ1) is 12.2. The number of benzene rings is 3. The first-order valence-electron chi connectivity index (χ1n) is 8.42. The molecule has 0 spiro atoms. The van der Waals surface area contributed by atoms with Crippen LogP contribution in [0, 0.1) is 0 Å². The maximum Gasteiger partial charge on any atom is 0.0178 e. The SMILES string of the molecule is NCc1ccc(P(c2ccc(CN)cc2)c2ccc(CN)cc2)cc1. The summed E-state index contributed by atoms with van der Waals surface area (Å²) in [6.07, 6.45) is 0. The molecule has 3 rings (SSSR count). The molecule has 0 heterocycles. The highest BCUT2D eigenvalue weighted by Gasteiger charge is 2.16. The standard InChI is InChI=1S/C21H24N3P/c22-13-16-1-7-19(8-2-16)25(20-9-3-17(14-23)4-10-20)21-11-5-18(15-24)6-12-21/h1-12H,13-15,22-24H2. The molecular weight excluding hydrogens is 325 g/mol. The van der Waals surface area contributed by atoms with Gasteiger partial charge in [-0.15, -0.1) is 0 Å². The molecule has 3 nitrogen and oxygen atoms in total. The first-order valence-corrected chi connectivity index (χ1v) is 9.76. The van der Waals surface area contributed by atoms with E-state index in [0.29, 0.717) is 19.6 Å². The largest absolute Gasteiger partial charge is 0.326 e. The van der Waals surface area contributed by atoms with Crippen LogP contribution in [0.2, 0.25) is 0 Å². The molecule has 0 aliphatic heterocycles. The van der Waals surface area contributed by atoms with Crippen LogP contribution in [0.1, 0.15) is 16.7 Å². The van der Waals surface area contributed by atoms with Crippen molar-refractivity contribution in [1.82, 2.24) is 0 Å². The maximum absolute atomic E-state index is 5.74. The van der Waals surface area contributed by atoms with Gasteiger partial charge >= 0.3 is 0 Å². The Bertz CT molecular complexity index is 683. The Morgan fingerprint density at radius 1 is 0.440 bits per heavy atom. The molecule has 0 saturated carbocycles. The fraction of sp³-hybridized carbons (Fsp3) is 0.143. The molecule has 0 fully saturated rings. The Hall–Kier alpha value is -2.03. The zero-order valence-electron chi connectivity index (χ0n) is 14.2. The minimum Gasteiger partial charge on any atom is -0.326 e. The van der Waals surface area contributed by atoms with Crippen LogP contribution in [0.15, 0.2) is 72.8 Å². The van der Waals surface area contributed by atoms with Crippen molar-refractivity contribution in [3.63, 3.8) is 0 Å². The first kappa shape index (κ1) is 17.8. The molecule has 6 N–H and O–H groups in total. The van der Waals surface area contributed by atoms with Gasteiger partial charge in [0.05, 0.1) is 0 Å². The number of nitrogens with two attached hydrogens (primary N) is 3. The van der Waals surface area contributed by atoms with E-state index in [0.717, 1.165) is 16.7 Å². The molecule has 25 heavy (non-hydrogen) atoms. The molecule has 0 aromatic heterocycles. The van der Waals surface area contributed by atoms with Gasteiger partial charge in [0.1, 0.15) is 0 Å². The third-order valence-electron chi connectivity index (χ3n) is 4.29. The van der Waals surface area contributed by atoms with Crippen LogP contribution in [0.5, 0.6) is 0 Å². The monoisotopic (exact) mass is 349 g/mol. The van der Waals surface area contributed by atoms with Crippen molar-refractivity contribution in [1.29, 1.82) is 0 Å². The lowest BCUT2D eigenvalue weighted by Crippen LogP contribution is -2.21. The summed E-state index contributed by atoms with van der Waals surface area (Å²) in [4.78, 5) is 0. The smallest absolute Gasteiger partial charge is 0.0178 e. The predicted octanol–water partition coefficient (Wildman–Crippen LogP) is 1.82. The minimum absolute atomic E-state index is 0.564.